The van der Waals surface area contributed by atoms with Gasteiger partial charge in [-0.3, -0.25) is 9.59 Å². The van der Waals surface area contributed by atoms with Crippen molar-refractivity contribution in [3.05, 3.63) is 82.5 Å². The molecule has 0 saturated carbocycles. The Labute approximate surface area is 179 Å². The van der Waals surface area contributed by atoms with Crippen molar-refractivity contribution >= 4 is 23.2 Å². The van der Waals surface area contributed by atoms with Crippen LogP contribution in [-0.4, -0.2) is 35.5 Å². The number of hydrogen-bond acceptors (Lipinski definition) is 3. The molecule has 0 aliphatic carbocycles. The Hall–Kier alpha value is -2.99. The molecule has 0 bridgehead atoms. The molecule has 1 amide bonds. The summed E-state index contributed by atoms with van der Waals surface area (Å²) in [5.74, 6) is -2.50. The number of aliphatic carboxylic acids is 1. The van der Waals surface area contributed by atoms with Crippen molar-refractivity contribution in [2.24, 2.45) is 5.92 Å². The molecule has 2 atom stereocenters. The lowest BCUT2D eigenvalue weighted by molar-refractivity contribution is -0.141. The predicted octanol–water partition coefficient (Wildman–Crippen LogP) is 5.50. The predicted molar refractivity (Wildman–Crippen MR) is 117 cm³/mol. The van der Waals surface area contributed by atoms with Crippen molar-refractivity contribution in [2.45, 2.75) is 19.8 Å². The summed E-state index contributed by atoms with van der Waals surface area (Å²) in [6.07, 6.45) is 0. The van der Waals surface area contributed by atoms with E-state index < -0.39 is 17.8 Å². The highest BCUT2D eigenvalue weighted by Crippen LogP contribution is 2.39. The van der Waals surface area contributed by atoms with Crippen LogP contribution in [-0.2, 0) is 4.79 Å². The van der Waals surface area contributed by atoms with E-state index in [4.69, 9.17) is 0 Å². The number of rotatable bonds is 7. The lowest BCUT2D eigenvalue weighted by Gasteiger charge is -2.20. The summed E-state index contributed by atoms with van der Waals surface area (Å²) >= 11 is 1.48. The van der Waals surface area contributed by atoms with Gasteiger partial charge in [-0.1, -0.05) is 31.2 Å². The van der Waals surface area contributed by atoms with Gasteiger partial charge in [0.1, 0.15) is 5.82 Å². The fraction of sp³-hybridized carbons (Fsp3) is 0.250. The molecule has 0 saturated heterocycles. The Balaban J connectivity index is 1.92. The Bertz CT molecular complexity index is 1040. The summed E-state index contributed by atoms with van der Waals surface area (Å²) < 4.78 is 13.8. The number of halogens is 1. The van der Waals surface area contributed by atoms with Crippen LogP contribution in [0.1, 0.15) is 40.6 Å². The topological polar surface area (TPSA) is 57.6 Å². The number of amides is 1. The van der Waals surface area contributed by atoms with Crippen LogP contribution in [0, 0.1) is 11.7 Å². The molecule has 0 radical (unpaired) electrons. The molecule has 3 rings (SSSR count). The maximum Gasteiger partial charge on any atom is 0.307 e. The molecule has 2 aromatic carbocycles. The summed E-state index contributed by atoms with van der Waals surface area (Å²) in [7, 11) is 1.76. The van der Waals surface area contributed by atoms with E-state index in [1.165, 1.54) is 23.5 Å². The van der Waals surface area contributed by atoms with E-state index in [9.17, 15) is 19.1 Å². The van der Waals surface area contributed by atoms with E-state index in [1.807, 2.05) is 31.2 Å². The van der Waals surface area contributed by atoms with Crippen LogP contribution in [0.15, 0.2) is 60.7 Å². The third-order valence-electron chi connectivity index (χ3n) is 5.27. The third-order valence-corrected chi connectivity index (χ3v) is 6.49. The minimum atomic E-state index is -0.929. The zero-order chi connectivity index (χ0) is 21.8. The number of hydrogen-bond donors (Lipinski definition) is 1. The van der Waals surface area contributed by atoms with Gasteiger partial charge in [-0.2, -0.15) is 0 Å². The largest absolute Gasteiger partial charge is 0.481 e. The highest BCUT2D eigenvalue weighted by molar-refractivity contribution is 7.15. The quantitative estimate of drug-likeness (QED) is 0.544. The molecule has 1 heterocycles. The first-order valence-electron chi connectivity index (χ1n) is 9.75. The van der Waals surface area contributed by atoms with Gasteiger partial charge in [0.2, 0.25) is 0 Å². The second-order valence-corrected chi connectivity index (χ2v) is 8.37. The number of carboxylic acid groups (broad SMARTS) is 1. The Kier molecular flexibility index (Phi) is 6.67. The van der Waals surface area contributed by atoms with Gasteiger partial charge in [-0.15, -0.1) is 11.3 Å². The monoisotopic (exact) mass is 425 g/mol. The van der Waals surface area contributed by atoms with Crippen molar-refractivity contribution in [1.29, 1.82) is 0 Å². The number of carbonyl (C=O) groups is 2. The van der Waals surface area contributed by atoms with Crippen molar-refractivity contribution < 1.29 is 19.1 Å². The maximum absolute atomic E-state index is 13.8. The van der Waals surface area contributed by atoms with Crippen LogP contribution in [0.5, 0.6) is 0 Å². The number of benzene rings is 2. The van der Waals surface area contributed by atoms with Gasteiger partial charge < -0.3 is 10.0 Å². The van der Waals surface area contributed by atoms with Gasteiger partial charge in [-0.25, -0.2) is 4.39 Å². The van der Waals surface area contributed by atoms with Gasteiger partial charge >= 0.3 is 5.97 Å². The van der Waals surface area contributed by atoms with E-state index in [-0.39, 0.29) is 11.7 Å². The minimum absolute atomic E-state index is 0.0302. The Morgan fingerprint density at radius 1 is 1.10 bits per heavy atom. The summed E-state index contributed by atoms with van der Waals surface area (Å²) in [6, 6.07) is 17.3. The van der Waals surface area contributed by atoms with Crippen LogP contribution >= 0.6 is 11.3 Å². The third kappa shape index (κ3) is 4.60. The van der Waals surface area contributed by atoms with Gasteiger partial charge in [-0.05, 0) is 54.4 Å². The molecule has 156 valence electrons. The summed E-state index contributed by atoms with van der Waals surface area (Å²) in [5.41, 5.74) is 2.21. The molecule has 1 aromatic heterocycles. The zero-order valence-corrected chi connectivity index (χ0v) is 17.9. The summed E-state index contributed by atoms with van der Waals surface area (Å²) in [6.45, 7) is 4.20. The van der Waals surface area contributed by atoms with Gasteiger partial charge in [0.05, 0.1) is 5.92 Å². The molecule has 0 spiro atoms. The fourth-order valence-corrected chi connectivity index (χ4v) is 4.61. The van der Waals surface area contributed by atoms with Gasteiger partial charge in [0.25, 0.3) is 5.91 Å². The lowest BCUT2D eigenvalue weighted by Crippen LogP contribution is -2.26. The molecule has 0 unspecified atom stereocenters. The average molecular weight is 426 g/mol. The molecule has 0 fully saturated rings. The van der Waals surface area contributed by atoms with Gasteiger partial charge in [0.15, 0.2) is 0 Å². The Morgan fingerprint density at radius 3 is 2.40 bits per heavy atom. The van der Waals surface area contributed by atoms with E-state index in [0.29, 0.717) is 17.7 Å². The van der Waals surface area contributed by atoms with Gasteiger partial charge in [0, 0.05) is 34.8 Å². The summed E-state index contributed by atoms with van der Waals surface area (Å²) in [4.78, 5) is 27.5. The maximum atomic E-state index is 13.8. The molecular weight excluding hydrogens is 401 g/mol. The fourth-order valence-electron chi connectivity index (χ4n) is 3.36. The van der Waals surface area contributed by atoms with Crippen molar-refractivity contribution in [3.8, 4) is 10.4 Å². The molecule has 1 N–H and O–H groups in total. The first-order chi connectivity index (χ1) is 14.3. The number of carboxylic acids is 1. The van der Waals surface area contributed by atoms with Crippen LogP contribution in [0.25, 0.3) is 10.4 Å². The van der Waals surface area contributed by atoms with E-state index >= 15 is 0 Å². The Morgan fingerprint density at radius 2 is 1.80 bits per heavy atom. The van der Waals surface area contributed by atoms with E-state index in [2.05, 4.69) is 0 Å². The molecular formula is C24H24FNO3S. The standard InChI is InChI=1S/C24H24FNO3S/c1-4-26(3)23(27)17-10-8-16(9-11-17)20-12-13-21(30-20)22(15(2)24(28)29)18-6-5-7-19(25)14-18/h5-15,22H,4H2,1-3H3,(H,28,29)/t15-,22-/m1/s1. The molecule has 6 heteroatoms. The first-order valence-corrected chi connectivity index (χ1v) is 10.6. The van der Waals surface area contributed by atoms with E-state index in [1.54, 1.807) is 43.1 Å². The normalized spacial score (nSPS) is 12.9. The molecule has 30 heavy (non-hydrogen) atoms. The van der Waals surface area contributed by atoms with Crippen molar-refractivity contribution in [2.75, 3.05) is 13.6 Å². The number of nitrogens with zero attached hydrogens (tertiary/aromatic N) is 1. The molecule has 3 aromatic rings. The second kappa shape index (κ2) is 9.22. The van der Waals surface area contributed by atoms with E-state index in [0.717, 1.165) is 15.3 Å². The molecule has 0 aliphatic rings. The van der Waals surface area contributed by atoms with Crippen LogP contribution in [0.4, 0.5) is 4.39 Å². The van der Waals surface area contributed by atoms with Crippen molar-refractivity contribution in [3.63, 3.8) is 0 Å². The highest BCUT2D eigenvalue weighted by Gasteiger charge is 2.28. The lowest BCUT2D eigenvalue weighted by atomic mass is 9.86. The zero-order valence-electron chi connectivity index (χ0n) is 17.1. The molecule has 4 nitrogen and oxygen atoms in total. The number of thiophene rings is 1. The smallest absolute Gasteiger partial charge is 0.307 e. The minimum Gasteiger partial charge on any atom is -0.481 e. The second-order valence-electron chi connectivity index (χ2n) is 7.26. The van der Waals surface area contributed by atoms with Crippen LogP contribution in [0.3, 0.4) is 0 Å². The SMILES string of the molecule is CCN(C)C(=O)c1ccc(-c2ccc([C@@H](c3cccc(F)c3)[C@@H](C)C(=O)O)s2)cc1. The number of carbonyl (C=O) groups excluding carboxylic acids is 1. The summed E-state index contributed by atoms with van der Waals surface area (Å²) in [5, 5.41) is 9.59. The first kappa shape index (κ1) is 21.7. The molecule has 0 aliphatic heterocycles. The average Bonchev–Trinajstić information content (AvgIpc) is 3.22. The highest BCUT2D eigenvalue weighted by atomic mass is 32.1. The van der Waals surface area contributed by atoms with Crippen LogP contribution in [0.2, 0.25) is 0 Å². The van der Waals surface area contributed by atoms with Crippen LogP contribution < -0.4 is 0 Å². The van der Waals surface area contributed by atoms with Crippen molar-refractivity contribution in [1.82, 2.24) is 4.90 Å².